The van der Waals surface area contributed by atoms with E-state index in [1.807, 2.05) is 14.0 Å². The highest BCUT2D eigenvalue weighted by molar-refractivity contribution is 5.95. The van der Waals surface area contributed by atoms with Gasteiger partial charge in [-0.25, -0.2) is 5.84 Å². The SMILES string of the molecule is Cc1c2cnnc(NN)c2c(C)n1C. The lowest BCUT2D eigenvalue weighted by molar-refractivity contribution is 0.851. The van der Waals surface area contributed by atoms with Gasteiger partial charge in [0.15, 0.2) is 5.82 Å². The molecule has 14 heavy (non-hydrogen) atoms. The Balaban J connectivity index is 2.94. The number of hydrogen-bond donors (Lipinski definition) is 2. The minimum absolute atomic E-state index is 0.628. The van der Waals surface area contributed by atoms with Crippen molar-refractivity contribution < 1.29 is 0 Å². The Labute approximate surface area is 81.9 Å². The molecule has 0 radical (unpaired) electrons. The lowest BCUT2D eigenvalue weighted by Gasteiger charge is -2.00. The van der Waals surface area contributed by atoms with Crippen LogP contribution in [0.2, 0.25) is 0 Å². The van der Waals surface area contributed by atoms with Crippen molar-refractivity contribution in [3.8, 4) is 0 Å². The van der Waals surface area contributed by atoms with Crippen molar-refractivity contribution in [1.29, 1.82) is 0 Å². The van der Waals surface area contributed by atoms with E-state index in [-0.39, 0.29) is 0 Å². The summed E-state index contributed by atoms with van der Waals surface area (Å²) in [5.74, 6) is 6.01. The van der Waals surface area contributed by atoms with E-state index in [2.05, 4.69) is 27.1 Å². The van der Waals surface area contributed by atoms with E-state index in [0.717, 1.165) is 16.5 Å². The Morgan fingerprint density at radius 1 is 1.36 bits per heavy atom. The summed E-state index contributed by atoms with van der Waals surface area (Å²) >= 11 is 0. The molecule has 0 amide bonds. The second kappa shape index (κ2) is 2.95. The molecule has 0 aliphatic carbocycles. The number of nitrogen functional groups attached to an aromatic ring is 1. The molecule has 2 aromatic heterocycles. The van der Waals surface area contributed by atoms with Crippen LogP contribution in [0, 0.1) is 13.8 Å². The van der Waals surface area contributed by atoms with Crippen LogP contribution in [-0.4, -0.2) is 14.8 Å². The maximum absolute atomic E-state index is 5.38. The fourth-order valence-corrected chi connectivity index (χ4v) is 1.73. The molecule has 2 rings (SSSR count). The van der Waals surface area contributed by atoms with E-state index >= 15 is 0 Å². The van der Waals surface area contributed by atoms with Crippen LogP contribution in [0.15, 0.2) is 6.20 Å². The average molecular weight is 191 g/mol. The predicted molar refractivity (Wildman–Crippen MR) is 55.8 cm³/mol. The zero-order valence-corrected chi connectivity index (χ0v) is 8.50. The number of nitrogens with two attached hydrogens (primary N) is 1. The van der Waals surface area contributed by atoms with Crippen LogP contribution in [0.3, 0.4) is 0 Å². The smallest absolute Gasteiger partial charge is 0.172 e. The van der Waals surface area contributed by atoms with Crippen molar-refractivity contribution in [3.05, 3.63) is 17.6 Å². The first-order valence-electron chi connectivity index (χ1n) is 4.40. The zero-order chi connectivity index (χ0) is 10.3. The molecule has 5 nitrogen and oxygen atoms in total. The van der Waals surface area contributed by atoms with E-state index in [4.69, 9.17) is 5.84 Å². The molecular weight excluding hydrogens is 178 g/mol. The van der Waals surface area contributed by atoms with Gasteiger partial charge in [0, 0.05) is 29.2 Å². The molecule has 0 spiro atoms. The number of anilines is 1. The summed E-state index contributed by atoms with van der Waals surface area (Å²) in [4.78, 5) is 0. The number of hydrazine groups is 1. The first kappa shape index (κ1) is 8.96. The molecule has 0 saturated heterocycles. The Kier molecular flexibility index (Phi) is 1.89. The van der Waals surface area contributed by atoms with Crippen LogP contribution in [0.4, 0.5) is 5.82 Å². The summed E-state index contributed by atoms with van der Waals surface area (Å²) in [5, 5.41) is 9.97. The van der Waals surface area contributed by atoms with Gasteiger partial charge in [0.1, 0.15) is 0 Å². The second-order valence-corrected chi connectivity index (χ2v) is 3.36. The summed E-state index contributed by atoms with van der Waals surface area (Å²) in [5.41, 5.74) is 4.87. The van der Waals surface area contributed by atoms with Gasteiger partial charge in [0.05, 0.1) is 6.20 Å². The van der Waals surface area contributed by atoms with E-state index in [0.29, 0.717) is 5.82 Å². The highest BCUT2D eigenvalue weighted by atomic mass is 15.3. The summed E-state index contributed by atoms with van der Waals surface area (Å²) in [6.45, 7) is 4.09. The van der Waals surface area contributed by atoms with Gasteiger partial charge in [-0.3, -0.25) is 0 Å². The molecule has 0 fully saturated rings. The molecule has 3 N–H and O–H groups in total. The fourth-order valence-electron chi connectivity index (χ4n) is 1.73. The van der Waals surface area contributed by atoms with Crippen molar-refractivity contribution in [2.24, 2.45) is 12.9 Å². The number of aromatic nitrogens is 3. The third kappa shape index (κ3) is 0.990. The predicted octanol–water partition coefficient (Wildman–Crippen LogP) is 0.871. The maximum atomic E-state index is 5.38. The molecule has 0 atom stereocenters. The van der Waals surface area contributed by atoms with Gasteiger partial charge in [-0.15, -0.1) is 5.10 Å². The van der Waals surface area contributed by atoms with Crippen molar-refractivity contribution in [2.75, 3.05) is 5.43 Å². The van der Waals surface area contributed by atoms with Gasteiger partial charge in [-0.2, -0.15) is 5.10 Å². The zero-order valence-electron chi connectivity index (χ0n) is 8.50. The lowest BCUT2D eigenvalue weighted by Crippen LogP contribution is -2.09. The van der Waals surface area contributed by atoms with Gasteiger partial charge >= 0.3 is 0 Å². The quantitative estimate of drug-likeness (QED) is 0.518. The van der Waals surface area contributed by atoms with Crippen LogP contribution in [0.1, 0.15) is 11.4 Å². The molecule has 2 aromatic rings. The highest BCUT2D eigenvalue weighted by Crippen LogP contribution is 2.27. The molecule has 0 saturated carbocycles. The Morgan fingerprint density at radius 3 is 2.71 bits per heavy atom. The molecule has 0 aliphatic rings. The Hall–Kier alpha value is -1.62. The normalized spacial score (nSPS) is 10.9. The monoisotopic (exact) mass is 191 g/mol. The average Bonchev–Trinajstić information content (AvgIpc) is 2.44. The molecule has 5 heteroatoms. The van der Waals surface area contributed by atoms with Gasteiger partial charge in [-0.05, 0) is 13.8 Å². The van der Waals surface area contributed by atoms with Crippen LogP contribution in [0.5, 0.6) is 0 Å². The summed E-state index contributed by atoms with van der Waals surface area (Å²) < 4.78 is 2.11. The first-order chi connectivity index (χ1) is 6.66. The summed E-state index contributed by atoms with van der Waals surface area (Å²) in [6.07, 6.45) is 1.76. The van der Waals surface area contributed by atoms with Crippen molar-refractivity contribution in [3.63, 3.8) is 0 Å². The largest absolute Gasteiger partial charge is 0.351 e. The van der Waals surface area contributed by atoms with Crippen LogP contribution >= 0.6 is 0 Å². The maximum Gasteiger partial charge on any atom is 0.172 e. The third-order valence-corrected chi connectivity index (χ3v) is 2.75. The minimum Gasteiger partial charge on any atom is -0.351 e. The summed E-state index contributed by atoms with van der Waals surface area (Å²) in [7, 11) is 2.02. The Bertz CT molecular complexity index is 485. The molecular formula is C9H13N5. The molecule has 74 valence electrons. The third-order valence-electron chi connectivity index (χ3n) is 2.75. The van der Waals surface area contributed by atoms with Crippen molar-refractivity contribution >= 4 is 16.6 Å². The molecule has 0 aromatic carbocycles. The first-order valence-corrected chi connectivity index (χ1v) is 4.40. The number of aryl methyl sites for hydroxylation is 2. The lowest BCUT2D eigenvalue weighted by atomic mass is 10.2. The van der Waals surface area contributed by atoms with E-state index < -0.39 is 0 Å². The molecule has 0 unspecified atom stereocenters. The fraction of sp³-hybridized carbons (Fsp3) is 0.333. The van der Waals surface area contributed by atoms with Crippen molar-refractivity contribution in [1.82, 2.24) is 14.8 Å². The van der Waals surface area contributed by atoms with Gasteiger partial charge in [0.2, 0.25) is 0 Å². The van der Waals surface area contributed by atoms with Crippen LogP contribution in [0.25, 0.3) is 10.8 Å². The van der Waals surface area contributed by atoms with Gasteiger partial charge in [-0.1, -0.05) is 0 Å². The molecule has 0 aliphatic heterocycles. The minimum atomic E-state index is 0.628. The van der Waals surface area contributed by atoms with Crippen LogP contribution in [-0.2, 0) is 7.05 Å². The van der Waals surface area contributed by atoms with E-state index in [1.54, 1.807) is 6.20 Å². The Morgan fingerprint density at radius 2 is 2.07 bits per heavy atom. The number of nitrogens with zero attached hydrogens (tertiary/aromatic N) is 3. The second-order valence-electron chi connectivity index (χ2n) is 3.36. The number of rotatable bonds is 1. The van der Waals surface area contributed by atoms with Gasteiger partial charge < -0.3 is 9.99 Å². The van der Waals surface area contributed by atoms with Crippen LogP contribution < -0.4 is 11.3 Å². The van der Waals surface area contributed by atoms with E-state index in [1.165, 1.54) is 5.69 Å². The van der Waals surface area contributed by atoms with Gasteiger partial charge in [0.25, 0.3) is 0 Å². The summed E-state index contributed by atoms with van der Waals surface area (Å²) in [6, 6.07) is 0. The van der Waals surface area contributed by atoms with Crippen molar-refractivity contribution in [2.45, 2.75) is 13.8 Å². The topological polar surface area (TPSA) is 68.8 Å². The standard InChI is InChI=1S/C9H13N5/c1-5-7-4-11-13-9(12-10)8(7)6(2)14(5)3/h4H,10H2,1-3H3,(H,12,13). The van der Waals surface area contributed by atoms with E-state index in [9.17, 15) is 0 Å². The highest BCUT2D eigenvalue weighted by Gasteiger charge is 2.12. The number of hydrogen-bond acceptors (Lipinski definition) is 4. The molecule has 0 bridgehead atoms. The molecule has 2 heterocycles. The number of fused-ring (bicyclic) bond motifs is 1. The number of nitrogens with one attached hydrogen (secondary N) is 1.